The number of nitrogens with zero attached hydrogens (tertiary/aromatic N) is 2. The molecule has 2 aliphatic rings. The van der Waals surface area contributed by atoms with Gasteiger partial charge in [-0.3, -0.25) is 5.43 Å². The monoisotopic (exact) mass is 397 g/mol. The van der Waals surface area contributed by atoms with Crippen LogP contribution in [0.1, 0.15) is 31.2 Å². The SMILES string of the molecule is COc1ccc([C@@]23CC/C(=N/Nc4ccc(F)cc4)C[C@@H]2N(C)CC3)cc1OC. The number of rotatable bonds is 5. The van der Waals surface area contributed by atoms with E-state index in [0.29, 0.717) is 6.04 Å². The van der Waals surface area contributed by atoms with E-state index in [4.69, 9.17) is 9.47 Å². The normalized spacial score (nSPS) is 25.7. The van der Waals surface area contributed by atoms with Crippen LogP contribution in [0.15, 0.2) is 47.6 Å². The standard InChI is InChI=1S/C23H28FN3O2/c1-27-13-12-23(16-4-9-20(28-2)21(14-16)29-3)11-10-19(15-22(23)27)26-25-18-7-5-17(24)6-8-18/h4-9,14,22,25H,10-13,15H2,1-3H3/b26-19-/t22-,23-/m0/s1. The number of nitrogens with one attached hydrogen (secondary N) is 1. The van der Waals surface area contributed by atoms with Crippen LogP contribution in [0, 0.1) is 5.82 Å². The van der Waals surface area contributed by atoms with Crippen molar-refractivity contribution in [2.45, 2.75) is 37.1 Å². The highest BCUT2D eigenvalue weighted by atomic mass is 19.1. The largest absolute Gasteiger partial charge is 0.493 e. The van der Waals surface area contributed by atoms with Crippen LogP contribution in [0.4, 0.5) is 10.1 Å². The molecule has 1 saturated carbocycles. The molecule has 4 rings (SSSR count). The lowest BCUT2D eigenvalue weighted by molar-refractivity contribution is 0.226. The van der Waals surface area contributed by atoms with Crippen LogP contribution in [-0.2, 0) is 5.41 Å². The molecular formula is C23H28FN3O2. The number of fused-ring (bicyclic) bond motifs is 1. The molecule has 6 heteroatoms. The van der Waals surface area contributed by atoms with E-state index >= 15 is 0 Å². The van der Waals surface area contributed by atoms with Crippen molar-refractivity contribution in [3.05, 3.63) is 53.8 Å². The van der Waals surface area contributed by atoms with E-state index in [1.165, 1.54) is 17.7 Å². The Morgan fingerprint density at radius 2 is 1.83 bits per heavy atom. The summed E-state index contributed by atoms with van der Waals surface area (Å²) in [5, 5.41) is 4.64. The van der Waals surface area contributed by atoms with Crippen molar-refractivity contribution >= 4 is 11.4 Å². The van der Waals surface area contributed by atoms with Crippen LogP contribution in [0.3, 0.4) is 0 Å². The van der Waals surface area contributed by atoms with Crippen molar-refractivity contribution < 1.29 is 13.9 Å². The van der Waals surface area contributed by atoms with Crippen LogP contribution in [0.25, 0.3) is 0 Å². The summed E-state index contributed by atoms with van der Waals surface area (Å²) >= 11 is 0. The third-order valence-corrected chi connectivity index (χ3v) is 6.52. The highest BCUT2D eigenvalue weighted by Gasteiger charge is 2.49. The van der Waals surface area contributed by atoms with E-state index in [0.717, 1.165) is 55.1 Å². The number of likely N-dealkylation sites (tertiary alicyclic amines) is 1. The average Bonchev–Trinajstić information content (AvgIpc) is 3.10. The Kier molecular flexibility index (Phi) is 5.46. The van der Waals surface area contributed by atoms with Gasteiger partial charge < -0.3 is 14.4 Å². The van der Waals surface area contributed by atoms with E-state index in [9.17, 15) is 4.39 Å². The fourth-order valence-electron chi connectivity index (χ4n) is 4.85. The zero-order valence-electron chi connectivity index (χ0n) is 17.2. The lowest BCUT2D eigenvalue weighted by Crippen LogP contribution is -2.46. The Morgan fingerprint density at radius 1 is 1.07 bits per heavy atom. The van der Waals surface area contributed by atoms with Gasteiger partial charge in [-0.15, -0.1) is 0 Å². The van der Waals surface area contributed by atoms with Crippen molar-refractivity contribution in [1.82, 2.24) is 4.90 Å². The summed E-state index contributed by atoms with van der Waals surface area (Å²) in [6.07, 6.45) is 4.02. The first kappa shape index (κ1) is 19.7. The van der Waals surface area contributed by atoms with Gasteiger partial charge >= 0.3 is 0 Å². The maximum absolute atomic E-state index is 13.1. The first-order valence-electron chi connectivity index (χ1n) is 10.1. The van der Waals surface area contributed by atoms with Crippen molar-refractivity contribution in [3.63, 3.8) is 0 Å². The van der Waals surface area contributed by atoms with Gasteiger partial charge in [0.1, 0.15) is 5.82 Å². The molecule has 2 atom stereocenters. The molecule has 5 nitrogen and oxygen atoms in total. The molecule has 1 heterocycles. The smallest absolute Gasteiger partial charge is 0.161 e. The Morgan fingerprint density at radius 3 is 2.55 bits per heavy atom. The van der Waals surface area contributed by atoms with Crippen LogP contribution < -0.4 is 14.9 Å². The molecule has 154 valence electrons. The first-order chi connectivity index (χ1) is 14.1. The van der Waals surface area contributed by atoms with Crippen LogP contribution in [0.2, 0.25) is 0 Å². The second-order valence-electron chi connectivity index (χ2n) is 7.97. The lowest BCUT2D eigenvalue weighted by Gasteiger charge is -2.42. The molecule has 1 N–H and O–H groups in total. The minimum Gasteiger partial charge on any atom is -0.493 e. The van der Waals surface area contributed by atoms with Gasteiger partial charge in [0.25, 0.3) is 0 Å². The van der Waals surface area contributed by atoms with Gasteiger partial charge in [0.2, 0.25) is 0 Å². The number of anilines is 1. The Balaban J connectivity index is 1.57. The molecule has 0 spiro atoms. The lowest BCUT2D eigenvalue weighted by atomic mass is 9.65. The van der Waals surface area contributed by atoms with Gasteiger partial charge in [-0.25, -0.2) is 4.39 Å². The summed E-state index contributed by atoms with van der Waals surface area (Å²) in [6, 6.07) is 13.0. The highest BCUT2D eigenvalue weighted by Crippen LogP contribution is 2.49. The Labute approximate surface area is 171 Å². The van der Waals surface area contributed by atoms with Gasteiger partial charge in [-0.1, -0.05) is 6.07 Å². The van der Waals surface area contributed by atoms with Gasteiger partial charge in [-0.05, 0) is 74.8 Å². The molecule has 2 aromatic carbocycles. The number of benzene rings is 2. The maximum Gasteiger partial charge on any atom is 0.161 e. The fraction of sp³-hybridized carbons (Fsp3) is 0.435. The zero-order valence-corrected chi connectivity index (χ0v) is 17.2. The number of likely N-dealkylation sites (N-methyl/N-ethyl adjacent to an activating group) is 1. The van der Waals surface area contributed by atoms with Gasteiger partial charge in [0, 0.05) is 23.6 Å². The summed E-state index contributed by atoms with van der Waals surface area (Å²) in [5.41, 5.74) is 6.46. The molecule has 0 aromatic heterocycles. The average molecular weight is 397 g/mol. The van der Waals surface area contributed by atoms with Gasteiger partial charge in [0.15, 0.2) is 11.5 Å². The number of methoxy groups -OCH3 is 2. The van der Waals surface area contributed by atoms with E-state index in [1.54, 1.807) is 26.4 Å². The van der Waals surface area contributed by atoms with Crippen LogP contribution in [-0.4, -0.2) is 44.5 Å². The zero-order chi connectivity index (χ0) is 20.4. The third kappa shape index (κ3) is 3.69. The quantitative estimate of drug-likeness (QED) is 0.758. The highest BCUT2D eigenvalue weighted by molar-refractivity contribution is 5.87. The van der Waals surface area contributed by atoms with Gasteiger partial charge in [0.05, 0.1) is 19.9 Å². The van der Waals surface area contributed by atoms with E-state index < -0.39 is 0 Å². The molecule has 1 saturated heterocycles. The van der Waals surface area contributed by atoms with Crippen molar-refractivity contribution in [2.24, 2.45) is 5.10 Å². The number of hydrogen-bond donors (Lipinski definition) is 1. The summed E-state index contributed by atoms with van der Waals surface area (Å²) in [6.45, 7) is 1.07. The van der Waals surface area contributed by atoms with Crippen molar-refractivity contribution in [3.8, 4) is 11.5 Å². The van der Waals surface area contributed by atoms with Crippen molar-refractivity contribution in [2.75, 3.05) is 33.2 Å². The van der Waals surface area contributed by atoms with Crippen LogP contribution >= 0.6 is 0 Å². The minimum atomic E-state index is -0.242. The summed E-state index contributed by atoms with van der Waals surface area (Å²) < 4.78 is 24.1. The predicted octanol–water partition coefficient (Wildman–Crippen LogP) is 4.44. The Bertz CT molecular complexity index is 899. The molecule has 0 bridgehead atoms. The molecule has 0 unspecified atom stereocenters. The molecule has 2 aromatic rings. The van der Waals surface area contributed by atoms with E-state index in [1.807, 2.05) is 6.07 Å². The fourth-order valence-corrected chi connectivity index (χ4v) is 4.85. The minimum absolute atomic E-state index is 0.100. The van der Waals surface area contributed by atoms with Crippen molar-refractivity contribution in [1.29, 1.82) is 0 Å². The van der Waals surface area contributed by atoms with E-state index in [-0.39, 0.29) is 11.2 Å². The maximum atomic E-state index is 13.1. The number of hydrogen-bond acceptors (Lipinski definition) is 5. The summed E-state index contributed by atoms with van der Waals surface area (Å²) in [7, 11) is 5.55. The summed E-state index contributed by atoms with van der Waals surface area (Å²) in [5.74, 6) is 1.30. The second-order valence-corrected chi connectivity index (χ2v) is 7.97. The molecule has 1 aliphatic carbocycles. The topological polar surface area (TPSA) is 46.1 Å². The number of ether oxygens (including phenoxy) is 2. The first-order valence-corrected chi connectivity index (χ1v) is 10.1. The van der Waals surface area contributed by atoms with Crippen LogP contribution in [0.5, 0.6) is 11.5 Å². The molecule has 0 radical (unpaired) electrons. The molecular weight excluding hydrogens is 369 g/mol. The molecule has 1 aliphatic heterocycles. The predicted molar refractivity (Wildman–Crippen MR) is 114 cm³/mol. The second kappa shape index (κ2) is 8.03. The summed E-state index contributed by atoms with van der Waals surface area (Å²) in [4.78, 5) is 2.45. The third-order valence-electron chi connectivity index (χ3n) is 6.52. The molecule has 29 heavy (non-hydrogen) atoms. The molecule has 2 fully saturated rings. The number of hydrazone groups is 1. The van der Waals surface area contributed by atoms with Gasteiger partial charge in [-0.2, -0.15) is 5.10 Å². The molecule has 0 amide bonds. The Hall–Kier alpha value is -2.60. The van der Waals surface area contributed by atoms with E-state index in [2.05, 4.69) is 34.6 Å². The number of halogens is 1.